The van der Waals surface area contributed by atoms with Gasteiger partial charge in [-0.2, -0.15) is 0 Å². The second kappa shape index (κ2) is 5.65. The van der Waals surface area contributed by atoms with E-state index in [1.807, 2.05) is 0 Å². The van der Waals surface area contributed by atoms with E-state index in [0.29, 0.717) is 17.8 Å². The third-order valence-electron chi connectivity index (χ3n) is 8.79. The topological polar surface area (TPSA) is 57.5 Å². The Kier molecular flexibility index (Phi) is 4.11. The first-order valence-corrected chi connectivity index (χ1v) is 10.8. The molecule has 2 N–H and O–H groups in total. The molecule has 25 heavy (non-hydrogen) atoms. The summed E-state index contributed by atoms with van der Waals surface area (Å²) in [6.07, 6.45) is 8.94. The third-order valence-corrected chi connectivity index (χ3v) is 9.83. The highest BCUT2D eigenvalue weighted by Crippen LogP contribution is 2.68. The number of allylic oxidation sites excluding steroid dienone is 1. The molecule has 0 unspecified atom stereocenters. The van der Waals surface area contributed by atoms with Crippen LogP contribution in [0.4, 0.5) is 0 Å². The summed E-state index contributed by atoms with van der Waals surface area (Å²) in [4.78, 5) is 12.3. The fourth-order valence-electron chi connectivity index (χ4n) is 7.24. The summed E-state index contributed by atoms with van der Waals surface area (Å²) in [5, 5.41) is 21.5. The number of rotatable bonds is 1. The van der Waals surface area contributed by atoms with Crippen molar-refractivity contribution in [3.8, 4) is 0 Å². The van der Waals surface area contributed by atoms with E-state index in [1.54, 1.807) is 6.92 Å². The first kappa shape index (κ1) is 18.2. The Labute approximate surface area is 159 Å². The van der Waals surface area contributed by atoms with Gasteiger partial charge in [-0.1, -0.05) is 41.4 Å². The zero-order valence-electron chi connectivity index (χ0n) is 15.6. The van der Waals surface area contributed by atoms with E-state index in [-0.39, 0.29) is 27.5 Å². The van der Waals surface area contributed by atoms with Crippen LogP contribution in [0.2, 0.25) is 0 Å². The van der Waals surface area contributed by atoms with E-state index >= 15 is 0 Å². The third kappa shape index (κ3) is 2.20. The standard InChI is InChI=1S/C21H31BrO3/c1-12(23)21(25)18(22)11-17-15-5-4-13-10-14(24)6-8-19(13,2)16(15)7-9-20(17,21)3/h4,14-18,24-25H,5-11H2,1-3H3/t14-,15+,16-,17-,18-,19-,20-,21-/m0/s1. The van der Waals surface area contributed by atoms with Crippen LogP contribution in [-0.4, -0.2) is 32.5 Å². The molecule has 0 aromatic rings. The summed E-state index contributed by atoms with van der Waals surface area (Å²) in [5.41, 5.74) is 0.0917. The molecule has 0 saturated heterocycles. The van der Waals surface area contributed by atoms with E-state index in [1.165, 1.54) is 5.57 Å². The van der Waals surface area contributed by atoms with Crippen LogP contribution in [0.5, 0.6) is 0 Å². The fraction of sp³-hybridized carbons (Fsp3) is 0.857. The molecule has 3 fully saturated rings. The molecular formula is C21H31BrO3. The summed E-state index contributed by atoms with van der Waals surface area (Å²) in [5.74, 6) is 1.45. The maximum atomic E-state index is 12.4. The van der Waals surface area contributed by atoms with Gasteiger partial charge in [0.2, 0.25) is 0 Å². The Morgan fingerprint density at radius 2 is 1.96 bits per heavy atom. The van der Waals surface area contributed by atoms with Crippen LogP contribution < -0.4 is 0 Å². The second-order valence-electron chi connectivity index (χ2n) is 9.64. The lowest BCUT2D eigenvalue weighted by atomic mass is 9.47. The second-order valence-corrected chi connectivity index (χ2v) is 10.7. The molecule has 3 nitrogen and oxygen atoms in total. The van der Waals surface area contributed by atoms with Gasteiger partial charge in [0.25, 0.3) is 0 Å². The molecule has 0 heterocycles. The number of carbonyl (C=O) groups is 1. The smallest absolute Gasteiger partial charge is 0.163 e. The predicted octanol–water partition coefficient (Wildman–Crippen LogP) is 4.00. The number of fused-ring (bicyclic) bond motifs is 5. The average Bonchev–Trinajstić information content (AvgIpc) is 2.77. The Morgan fingerprint density at radius 3 is 2.64 bits per heavy atom. The molecule has 0 bridgehead atoms. The fourth-order valence-corrected chi connectivity index (χ4v) is 8.49. The van der Waals surface area contributed by atoms with Crippen molar-refractivity contribution >= 4 is 21.7 Å². The van der Waals surface area contributed by atoms with Gasteiger partial charge < -0.3 is 10.2 Å². The zero-order valence-corrected chi connectivity index (χ0v) is 17.2. The van der Waals surface area contributed by atoms with Gasteiger partial charge in [-0.25, -0.2) is 0 Å². The number of halogens is 1. The maximum absolute atomic E-state index is 12.4. The minimum Gasteiger partial charge on any atom is -0.393 e. The van der Waals surface area contributed by atoms with E-state index in [2.05, 4.69) is 35.9 Å². The highest BCUT2D eigenvalue weighted by atomic mass is 79.9. The Bertz CT molecular complexity index is 631. The summed E-state index contributed by atoms with van der Waals surface area (Å²) in [6.45, 7) is 6.11. The summed E-state index contributed by atoms with van der Waals surface area (Å²) in [6, 6.07) is 0. The molecule has 0 amide bonds. The summed E-state index contributed by atoms with van der Waals surface area (Å²) in [7, 11) is 0. The number of hydrogen-bond donors (Lipinski definition) is 2. The van der Waals surface area contributed by atoms with E-state index in [4.69, 9.17) is 0 Å². The van der Waals surface area contributed by atoms with Crippen molar-refractivity contribution < 1.29 is 15.0 Å². The lowest BCUT2D eigenvalue weighted by Gasteiger charge is -2.58. The minimum atomic E-state index is -1.24. The molecule has 8 atom stereocenters. The van der Waals surface area contributed by atoms with Crippen molar-refractivity contribution in [1.82, 2.24) is 0 Å². The van der Waals surface area contributed by atoms with Gasteiger partial charge in [0.15, 0.2) is 5.78 Å². The highest BCUT2D eigenvalue weighted by Gasteiger charge is 2.68. The van der Waals surface area contributed by atoms with Crippen LogP contribution in [0.3, 0.4) is 0 Å². The lowest BCUT2D eigenvalue weighted by Crippen LogP contribution is -2.58. The van der Waals surface area contributed by atoms with E-state index in [0.717, 1.165) is 44.9 Å². The number of alkyl halides is 1. The van der Waals surface area contributed by atoms with Gasteiger partial charge in [0, 0.05) is 5.41 Å². The first-order valence-electron chi connectivity index (χ1n) is 9.89. The van der Waals surface area contributed by atoms with Gasteiger partial charge in [-0.05, 0) is 75.0 Å². The van der Waals surface area contributed by atoms with Gasteiger partial charge in [0.1, 0.15) is 5.60 Å². The predicted molar refractivity (Wildman–Crippen MR) is 101 cm³/mol. The van der Waals surface area contributed by atoms with Crippen LogP contribution >= 0.6 is 15.9 Å². The molecule has 4 rings (SSSR count). The Hall–Kier alpha value is -0.190. The highest BCUT2D eigenvalue weighted by molar-refractivity contribution is 9.09. The molecular weight excluding hydrogens is 380 g/mol. The molecule has 4 aliphatic carbocycles. The van der Waals surface area contributed by atoms with E-state index < -0.39 is 5.60 Å². The van der Waals surface area contributed by atoms with Crippen molar-refractivity contribution in [1.29, 1.82) is 0 Å². The SMILES string of the molecule is CC(=O)[C@]1(O)[C@@H](Br)C[C@H]2[C@@H]3CC=C4C[C@@H](O)CC[C@]4(C)[C@H]3CC[C@@]21C. The average molecular weight is 411 g/mol. The first-order chi connectivity index (χ1) is 11.6. The number of carbonyl (C=O) groups excluding carboxylic acids is 1. The zero-order chi connectivity index (χ0) is 18.2. The van der Waals surface area contributed by atoms with Crippen LogP contribution in [0, 0.1) is 28.6 Å². The molecule has 4 aliphatic rings. The molecule has 3 saturated carbocycles. The van der Waals surface area contributed by atoms with Gasteiger partial charge in [-0.3, -0.25) is 4.79 Å². The molecule has 0 spiro atoms. The van der Waals surface area contributed by atoms with Crippen molar-refractivity contribution in [2.24, 2.45) is 28.6 Å². The number of aliphatic hydroxyl groups excluding tert-OH is 1. The molecule has 4 heteroatoms. The largest absolute Gasteiger partial charge is 0.393 e. The summed E-state index contributed by atoms with van der Waals surface area (Å²) >= 11 is 3.67. The van der Waals surface area contributed by atoms with E-state index in [9.17, 15) is 15.0 Å². The number of aliphatic hydroxyl groups is 2. The van der Waals surface area contributed by atoms with Crippen molar-refractivity contribution in [2.75, 3.05) is 0 Å². The van der Waals surface area contributed by atoms with Crippen LogP contribution in [0.25, 0.3) is 0 Å². The number of ketones is 1. The van der Waals surface area contributed by atoms with Gasteiger partial charge >= 0.3 is 0 Å². The minimum absolute atomic E-state index is 0.0862. The Balaban J connectivity index is 1.72. The molecule has 140 valence electrons. The van der Waals surface area contributed by atoms with Crippen molar-refractivity contribution in [3.63, 3.8) is 0 Å². The molecule has 0 radical (unpaired) electrons. The van der Waals surface area contributed by atoms with Crippen molar-refractivity contribution in [2.45, 2.75) is 82.2 Å². The lowest BCUT2D eigenvalue weighted by molar-refractivity contribution is -0.158. The maximum Gasteiger partial charge on any atom is 0.163 e. The van der Waals surface area contributed by atoms with Gasteiger partial charge in [-0.15, -0.1) is 0 Å². The monoisotopic (exact) mass is 410 g/mol. The number of hydrogen-bond acceptors (Lipinski definition) is 3. The quantitative estimate of drug-likeness (QED) is 0.507. The summed E-state index contributed by atoms with van der Waals surface area (Å²) < 4.78 is 0. The van der Waals surface area contributed by atoms with Crippen LogP contribution in [0.15, 0.2) is 11.6 Å². The van der Waals surface area contributed by atoms with Crippen molar-refractivity contribution in [3.05, 3.63) is 11.6 Å². The normalized spacial score (nSPS) is 55.0. The molecule has 0 aromatic carbocycles. The molecule has 0 aliphatic heterocycles. The van der Waals surface area contributed by atoms with Crippen LogP contribution in [0.1, 0.15) is 65.7 Å². The van der Waals surface area contributed by atoms with Crippen LogP contribution in [-0.2, 0) is 4.79 Å². The number of Topliss-reactive ketones (excluding diaryl/α,β-unsaturated/α-hetero) is 1. The Morgan fingerprint density at radius 1 is 1.24 bits per heavy atom. The van der Waals surface area contributed by atoms with Gasteiger partial charge in [0.05, 0.1) is 10.9 Å². The molecule has 0 aromatic heterocycles.